The van der Waals surface area contributed by atoms with E-state index in [1.54, 1.807) is 0 Å². The van der Waals surface area contributed by atoms with Crippen molar-refractivity contribution in [3.05, 3.63) is 33.1 Å². The summed E-state index contributed by atoms with van der Waals surface area (Å²) in [5, 5.41) is 28.1. The molecule has 1 aliphatic rings. The largest absolute Gasteiger partial charge is 0.394 e. The third-order valence-electron chi connectivity index (χ3n) is 2.64. The average molecular weight is 244 g/mol. The Balaban J connectivity index is 2.35. The molecule has 0 spiro atoms. The van der Waals surface area contributed by atoms with E-state index in [4.69, 9.17) is 9.84 Å². The second kappa shape index (κ2) is 4.41. The Morgan fingerprint density at radius 2 is 2.06 bits per heavy atom. The highest BCUT2D eigenvalue weighted by Crippen LogP contribution is 2.27. The lowest BCUT2D eigenvalue weighted by molar-refractivity contribution is -0.0550. The zero-order valence-corrected chi connectivity index (χ0v) is 8.68. The molecule has 0 saturated carbocycles. The summed E-state index contributed by atoms with van der Waals surface area (Å²) in [5.41, 5.74) is -1.33. The normalized spacial score (nSPS) is 32.9. The third kappa shape index (κ3) is 2.03. The molecule has 2 heterocycles. The highest BCUT2D eigenvalue weighted by Gasteiger charge is 2.43. The summed E-state index contributed by atoms with van der Waals surface area (Å²) < 4.78 is 6.08. The standard InChI is InChI=1S/C9H12N2O6/c12-3-4-6(14)7(15)8(17-4)11-2-1-5(13)10-9(11)16/h1-2,4,6-8,12,14-15H,3H2,(H,10,13,16)/t4-,6-,7-,8-/m0/s1. The minimum absolute atomic E-state index is 0.479. The van der Waals surface area contributed by atoms with Gasteiger partial charge in [0.25, 0.3) is 5.56 Å². The van der Waals surface area contributed by atoms with Gasteiger partial charge < -0.3 is 20.1 Å². The van der Waals surface area contributed by atoms with Crippen LogP contribution in [0.2, 0.25) is 0 Å². The first-order chi connectivity index (χ1) is 8.04. The molecule has 8 nitrogen and oxygen atoms in total. The zero-order chi connectivity index (χ0) is 12.6. The number of hydrogen-bond acceptors (Lipinski definition) is 6. The summed E-state index contributed by atoms with van der Waals surface area (Å²) in [6.45, 7) is -0.479. The number of aromatic amines is 1. The van der Waals surface area contributed by atoms with Gasteiger partial charge in [0.1, 0.15) is 18.3 Å². The number of hydrogen-bond donors (Lipinski definition) is 4. The van der Waals surface area contributed by atoms with Gasteiger partial charge in [-0.25, -0.2) is 4.79 Å². The molecule has 1 saturated heterocycles. The van der Waals surface area contributed by atoms with Crippen molar-refractivity contribution in [2.45, 2.75) is 24.5 Å². The van der Waals surface area contributed by atoms with Gasteiger partial charge in [-0.1, -0.05) is 0 Å². The first-order valence-corrected chi connectivity index (χ1v) is 4.98. The summed E-state index contributed by atoms with van der Waals surface area (Å²) in [7, 11) is 0. The van der Waals surface area contributed by atoms with Gasteiger partial charge in [-0.2, -0.15) is 0 Å². The van der Waals surface area contributed by atoms with Gasteiger partial charge in [0.2, 0.25) is 0 Å². The van der Waals surface area contributed by atoms with Gasteiger partial charge in [0.15, 0.2) is 6.23 Å². The first kappa shape index (κ1) is 12.0. The zero-order valence-electron chi connectivity index (χ0n) is 8.68. The monoisotopic (exact) mass is 244 g/mol. The fourth-order valence-electron chi connectivity index (χ4n) is 1.74. The van der Waals surface area contributed by atoms with Crippen LogP contribution in [0.4, 0.5) is 0 Å². The number of rotatable bonds is 2. The second-order valence-corrected chi connectivity index (χ2v) is 3.75. The molecule has 1 aromatic rings. The number of aromatic nitrogens is 2. The lowest BCUT2D eigenvalue weighted by atomic mass is 10.1. The topological polar surface area (TPSA) is 125 Å². The number of aliphatic hydroxyl groups excluding tert-OH is 3. The molecule has 1 aromatic heterocycles. The molecule has 94 valence electrons. The summed E-state index contributed by atoms with van der Waals surface area (Å²) in [5.74, 6) is 0. The summed E-state index contributed by atoms with van der Waals surface area (Å²) >= 11 is 0. The van der Waals surface area contributed by atoms with Crippen LogP contribution in [0, 0.1) is 0 Å². The molecule has 0 aliphatic carbocycles. The van der Waals surface area contributed by atoms with E-state index in [9.17, 15) is 19.8 Å². The molecule has 1 fully saturated rings. The van der Waals surface area contributed by atoms with E-state index in [0.29, 0.717) is 0 Å². The molecule has 0 amide bonds. The molecule has 4 N–H and O–H groups in total. The maximum Gasteiger partial charge on any atom is 0.330 e. The van der Waals surface area contributed by atoms with Crippen LogP contribution in [-0.2, 0) is 4.74 Å². The van der Waals surface area contributed by atoms with E-state index in [2.05, 4.69) is 0 Å². The minimum Gasteiger partial charge on any atom is -0.394 e. The number of nitrogens with one attached hydrogen (secondary N) is 1. The van der Waals surface area contributed by atoms with Gasteiger partial charge in [-0.3, -0.25) is 14.3 Å². The van der Waals surface area contributed by atoms with Crippen LogP contribution in [0.1, 0.15) is 6.23 Å². The molecule has 0 aromatic carbocycles. The predicted molar refractivity (Wildman–Crippen MR) is 54.3 cm³/mol. The molecule has 8 heteroatoms. The molecule has 4 atom stereocenters. The Bertz CT molecular complexity index is 509. The summed E-state index contributed by atoms with van der Waals surface area (Å²) in [4.78, 5) is 24.3. The molecule has 0 radical (unpaired) electrons. The third-order valence-corrected chi connectivity index (χ3v) is 2.64. The molecule has 0 bridgehead atoms. The van der Waals surface area contributed by atoms with Crippen LogP contribution in [0.5, 0.6) is 0 Å². The smallest absolute Gasteiger partial charge is 0.330 e. The first-order valence-electron chi connectivity index (χ1n) is 4.98. The van der Waals surface area contributed by atoms with Crippen molar-refractivity contribution >= 4 is 0 Å². The highest BCUT2D eigenvalue weighted by atomic mass is 16.6. The van der Waals surface area contributed by atoms with Gasteiger partial charge in [0.05, 0.1) is 6.61 Å². The van der Waals surface area contributed by atoms with Crippen LogP contribution >= 0.6 is 0 Å². The number of nitrogens with zero attached hydrogens (tertiary/aromatic N) is 1. The van der Waals surface area contributed by atoms with Crippen LogP contribution in [0.3, 0.4) is 0 Å². The van der Waals surface area contributed by atoms with Crippen LogP contribution < -0.4 is 11.2 Å². The summed E-state index contributed by atoms with van der Waals surface area (Å²) in [6, 6.07) is 1.09. The Morgan fingerprint density at radius 3 is 2.59 bits per heavy atom. The van der Waals surface area contributed by atoms with E-state index in [-0.39, 0.29) is 0 Å². The second-order valence-electron chi connectivity index (χ2n) is 3.75. The van der Waals surface area contributed by atoms with Gasteiger partial charge in [-0.15, -0.1) is 0 Å². The van der Waals surface area contributed by atoms with E-state index >= 15 is 0 Å². The molecular formula is C9H12N2O6. The molecule has 2 rings (SSSR count). The number of H-pyrrole nitrogens is 1. The average Bonchev–Trinajstić information content (AvgIpc) is 2.57. The van der Waals surface area contributed by atoms with Crippen LogP contribution in [0.15, 0.2) is 21.9 Å². The van der Waals surface area contributed by atoms with E-state index in [1.807, 2.05) is 4.98 Å². The van der Waals surface area contributed by atoms with Gasteiger partial charge in [-0.05, 0) is 0 Å². The Hall–Kier alpha value is -1.48. The van der Waals surface area contributed by atoms with Crippen molar-refractivity contribution < 1.29 is 20.1 Å². The lowest BCUT2D eigenvalue weighted by Crippen LogP contribution is -2.37. The van der Waals surface area contributed by atoms with E-state index in [1.165, 1.54) is 0 Å². The Kier molecular flexibility index (Phi) is 3.11. The Labute approximate surface area is 94.7 Å². The molecule has 1 aliphatic heterocycles. The Morgan fingerprint density at radius 1 is 1.35 bits per heavy atom. The van der Waals surface area contributed by atoms with Crippen molar-refractivity contribution in [2.24, 2.45) is 0 Å². The van der Waals surface area contributed by atoms with Crippen molar-refractivity contribution in [3.8, 4) is 0 Å². The fraction of sp³-hybridized carbons (Fsp3) is 0.556. The van der Waals surface area contributed by atoms with Crippen molar-refractivity contribution in [3.63, 3.8) is 0 Å². The molecular weight excluding hydrogens is 232 g/mol. The van der Waals surface area contributed by atoms with E-state index < -0.39 is 42.4 Å². The molecule has 17 heavy (non-hydrogen) atoms. The predicted octanol–water partition coefficient (Wildman–Crippen LogP) is -2.85. The molecule has 0 unspecified atom stereocenters. The van der Waals surface area contributed by atoms with Crippen molar-refractivity contribution in [2.75, 3.05) is 6.61 Å². The maximum atomic E-state index is 11.4. The van der Waals surface area contributed by atoms with Crippen LogP contribution in [-0.4, -0.2) is 49.8 Å². The highest BCUT2D eigenvalue weighted by molar-refractivity contribution is 4.92. The number of ether oxygens (including phenoxy) is 1. The van der Waals surface area contributed by atoms with Crippen molar-refractivity contribution in [1.29, 1.82) is 0 Å². The fourth-order valence-corrected chi connectivity index (χ4v) is 1.74. The summed E-state index contributed by atoms with van der Waals surface area (Å²) in [6.07, 6.45) is -3.58. The van der Waals surface area contributed by atoms with Gasteiger partial charge in [0, 0.05) is 12.3 Å². The van der Waals surface area contributed by atoms with E-state index in [0.717, 1.165) is 16.8 Å². The number of aliphatic hydroxyl groups is 3. The SMILES string of the molecule is O=c1ccn([C@H]2O[C@@H](CO)[C@H](O)[C@@H]2O)c(=O)[nH]1. The van der Waals surface area contributed by atoms with Crippen LogP contribution in [0.25, 0.3) is 0 Å². The maximum absolute atomic E-state index is 11.4. The minimum atomic E-state index is -1.35. The van der Waals surface area contributed by atoms with Gasteiger partial charge >= 0.3 is 5.69 Å². The van der Waals surface area contributed by atoms with Crippen molar-refractivity contribution in [1.82, 2.24) is 9.55 Å². The lowest BCUT2D eigenvalue weighted by Gasteiger charge is -2.16. The quantitative estimate of drug-likeness (QED) is 0.444.